The molecule has 5 rings (SSSR count). The smallest absolute Gasteiger partial charge is 0.262 e. The lowest BCUT2D eigenvalue weighted by atomic mass is 9.96. The number of para-hydroxylation sites is 1. The van der Waals surface area contributed by atoms with Crippen LogP contribution in [0.4, 0.5) is 5.69 Å². The quantitative estimate of drug-likeness (QED) is 0.495. The Labute approximate surface area is 178 Å². The van der Waals surface area contributed by atoms with Crippen LogP contribution >= 0.6 is 11.3 Å². The molecule has 1 aliphatic rings. The molecule has 0 fully saturated rings. The topological polar surface area (TPSA) is 55.2 Å². The van der Waals surface area contributed by atoms with Crippen LogP contribution in [0.1, 0.15) is 18.9 Å². The molecule has 3 heterocycles. The Hall–Kier alpha value is -3.25. The maximum Gasteiger partial charge on any atom is 0.262 e. The number of aryl methyl sites for hydroxylation is 1. The average molecular weight is 416 g/mol. The predicted molar refractivity (Wildman–Crippen MR) is 121 cm³/mol. The number of carbonyl (C=O) groups is 1. The molecule has 5 nitrogen and oxygen atoms in total. The molecule has 4 aromatic rings. The lowest BCUT2D eigenvalue weighted by molar-refractivity contribution is -0.119. The van der Waals surface area contributed by atoms with Crippen molar-refractivity contribution in [2.24, 2.45) is 0 Å². The molecule has 150 valence electrons. The molecule has 6 heteroatoms. The van der Waals surface area contributed by atoms with Gasteiger partial charge < -0.3 is 4.90 Å². The summed E-state index contributed by atoms with van der Waals surface area (Å²) >= 11 is 1.49. The lowest BCUT2D eigenvalue weighted by Crippen LogP contribution is -2.44. The van der Waals surface area contributed by atoms with E-state index in [-0.39, 0.29) is 24.1 Å². The summed E-state index contributed by atoms with van der Waals surface area (Å²) in [5.41, 5.74) is 3.01. The van der Waals surface area contributed by atoms with Gasteiger partial charge in [-0.2, -0.15) is 0 Å². The number of rotatable bonds is 3. The number of nitrogens with zero attached hydrogens (tertiary/aromatic N) is 3. The molecule has 1 aliphatic heterocycles. The van der Waals surface area contributed by atoms with Crippen molar-refractivity contribution in [3.8, 4) is 10.4 Å². The van der Waals surface area contributed by atoms with Crippen molar-refractivity contribution in [3.05, 3.63) is 82.9 Å². The summed E-state index contributed by atoms with van der Waals surface area (Å²) in [6.45, 7) is 2.04. The maximum absolute atomic E-state index is 13.2. The number of hydrogen-bond donors (Lipinski definition) is 0. The summed E-state index contributed by atoms with van der Waals surface area (Å²) in [6, 6.07) is 19.9. The molecule has 30 heavy (non-hydrogen) atoms. The summed E-state index contributed by atoms with van der Waals surface area (Å²) in [7, 11) is 0. The van der Waals surface area contributed by atoms with Crippen molar-refractivity contribution in [1.82, 2.24) is 9.55 Å². The maximum atomic E-state index is 13.2. The molecule has 0 spiro atoms. The number of thiophene rings is 1. The van der Waals surface area contributed by atoms with Crippen molar-refractivity contribution in [2.75, 3.05) is 4.90 Å². The highest BCUT2D eigenvalue weighted by molar-refractivity contribution is 7.21. The van der Waals surface area contributed by atoms with Crippen LogP contribution in [0.2, 0.25) is 0 Å². The number of anilines is 1. The molecule has 0 aliphatic carbocycles. The Balaban J connectivity index is 1.48. The van der Waals surface area contributed by atoms with E-state index in [4.69, 9.17) is 0 Å². The average Bonchev–Trinajstić information content (AvgIpc) is 3.21. The van der Waals surface area contributed by atoms with Crippen LogP contribution in [0, 0.1) is 0 Å². The van der Waals surface area contributed by atoms with Crippen molar-refractivity contribution in [1.29, 1.82) is 0 Å². The lowest BCUT2D eigenvalue weighted by Gasteiger charge is -2.35. The second kappa shape index (κ2) is 7.54. The first kappa shape index (κ1) is 18.8. The van der Waals surface area contributed by atoms with Gasteiger partial charge in [-0.15, -0.1) is 11.3 Å². The number of benzene rings is 2. The van der Waals surface area contributed by atoms with Crippen LogP contribution in [-0.4, -0.2) is 21.5 Å². The monoisotopic (exact) mass is 415 g/mol. The third-order valence-electron chi connectivity index (χ3n) is 5.67. The number of aromatic nitrogens is 2. The van der Waals surface area contributed by atoms with Crippen LogP contribution in [-0.2, 0) is 17.8 Å². The van der Waals surface area contributed by atoms with Crippen LogP contribution in [0.25, 0.3) is 20.7 Å². The molecule has 0 saturated carbocycles. The fourth-order valence-electron chi connectivity index (χ4n) is 4.11. The van der Waals surface area contributed by atoms with Gasteiger partial charge in [0.25, 0.3) is 5.56 Å². The molecule has 0 unspecified atom stereocenters. The van der Waals surface area contributed by atoms with Gasteiger partial charge in [-0.3, -0.25) is 14.2 Å². The summed E-state index contributed by atoms with van der Waals surface area (Å²) in [6.07, 6.45) is 3.38. The molecule has 2 aromatic heterocycles. The van der Waals surface area contributed by atoms with E-state index < -0.39 is 0 Å². The molecule has 1 atom stereocenters. The molecule has 0 N–H and O–H groups in total. The highest BCUT2D eigenvalue weighted by atomic mass is 32.1. The highest BCUT2D eigenvalue weighted by Gasteiger charge is 2.28. The molecule has 0 radical (unpaired) electrons. The van der Waals surface area contributed by atoms with E-state index in [9.17, 15) is 9.59 Å². The number of carbonyl (C=O) groups excluding carboxylic acids is 1. The standard InChI is InChI=1S/C24H21N3O2S/c1-16-11-12-17-7-5-6-10-20(17)27(16)22(28)14-26-15-25-23-19(24(26)29)13-21(30-23)18-8-3-2-4-9-18/h2-10,13,15-16H,11-12,14H2,1H3/t16-/m0/s1. The zero-order valence-electron chi connectivity index (χ0n) is 16.6. The van der Waals surface area contributed by atoms with Crippen molar-refractivity contribution < 1.29 is 4.79 Å². The normalized spacial score (nSPS) is 15.9. The predicted octanol–water partition coefficient (Wildman–Crippen LogP) is 4.49. The minimum atomic E-state index is -0.176. The van der Waals surface area contributed by atoms with Crippen LogP contribution < -0.4 is 10.5 Å². The third kappa shape index (κ3) is 3.23. The molecule has 1 amide bonds. The third-order valence-corrected chi connectivity index (χ3v) is 6.77. The van der Waals surface area contributed by atoms with Gasteiger partial charge in [0, 0.05) is 16.6 Å². The molecular weight excluding hydrogens is 394 g/mol. The van der Waals surface area contributed by atoms with Gasteiger partial charge in [0.1, 0.15) is 11.4 Å². The molecule has 2 aromatic carbocycles. The van der Waals surface area contributed by atoms with Crippen LogP contribution in [0.15, 0.2) is 71.8 Å². The van der Waals surface area contributed by atoms with Gasteiger partial charge in [-0.25, -0.2) is 4.98 Å². The second-order valence-corrected chi connectivity index (χ2v) is 8.68. The zero-order valence-corrected chi connectivity index (χ0v) is 17.4. The van der Waals surface area contributed by atoms with E-state index >= 15 is 0 Å². The second-order valence-electron chi connectivity index (χ2n) is 7.65. The Morgan fingerprint density at radius 1 is 1.13 bits per heavy atom. The first-order chi connectivity index (χ1) is 14.6. The zero-order chi connectivity index (χ0) is 20.7. The van der Waals surface area contributed by atoms with E-state index in [1.165, 1.54) is 27.8 Å². The SMILES string of the molecule is C[C@H]1CCc2ccccc2N1C(=O)Cn1cnc2sc(-c3ccccc3)cc2c1=O. The van der Waals surface area contributed by atoms with Crippen LogP contribution in [0.3, 0.4) is 0 Å². The van der Waals surface area contributed by atoms with Gasteiger partial charge in [-0.05, 0) is 43.0 Å². The fraction of sp³-hybridized carbons (Fsp3) is 0.208. The van der Waals surface area contributed by atoms with E-state index in [2.05, 4.69) is 18.0 Å². The largest absolute Gasteiger partial charge is 0.308 e. The van der Waals surface area contributed by atoms with Gasteiger partial charge >= 0.3 is 0 Å². The fourth-order valence-corrected chi connectivity index (χ4v) is 5.10. The van der Waals surface area contributed by atoms with Gasteiger partial charge in [0.2, 0.25) is 5.91 Å². The minimum absolute atomic E-state index is 0.0169. The Kier molecular flexibility index (Phi) is 4.71. The van der Waals surface area contributed by atoms with E-state index in [0.29, 0.717) is 10.2 Å². The number of amides is 1. The van der Waals surface area contributed by atoms with Gasteiger partial charge in [0.05, 0.1) is 11.7 Å². The summed E-state index contributed by atoms with van der Waals surface area (Å²) < 4.78 is 1.43. The molecule has 0 saturated heterocycles. The Morgan fingerprint density at radius 3 is 2.73 bits per heavy atom. The van der Waals surface area contributed by atoms with Crippen molar-refractivity contribution in [3.63, 3.8) is 0 Å². The van der Waals surface area contributed by atoms with Crippen molar-refractivity contribution >= 4 is 33.1 Å². The molecule has 0 bridgehead atoms. The number of fused-ring (bicyclic) bond motifs is 2. The van der Waals surface area contributed by atoms with E-state index in [1.54, 1.807) is 0 Å². The first-order valence-corrected chi connectivity index (χ1v) is 10.9. The van der Waals surface area contributed by atoms with Gasteiger partial charge in [-0.1, -0.05) is 48.5 Å². The summed E-state index contributed by atoms with van der Waals surface area (Å²) in [5.74, 6) is -0.0867. The van der Waals surface area contributed by atoms with Crippen molar-refractivity contribution in [2.45, 2.75) is 32.4 Å². The summed E-state index contributed by atoms with van der Waals surface area (Å²) in [4.78, 5) is 34.3. The van der Waals surface area contributed by atoms with E-state index in [1.807, 2.05) is 59.5 Å². The van der Waals surface area contributed by atoms with Crippen LogP contribution in [0.5, 0.6) is 0 Å². The highest BCUT2D eigenvalue weighted by Crippen LogP contribution is 2.32. The number of hydrogen-bond acceptors (Lipinski definition) is 4. The molecular formula is C24H21N3O2S. The Morgan fingerprint density at radius 2 is 1.90 bits per heavy atom. The summed E-state index contributed by atoms with van der Waals surface area (Å²) in [5, 5.41) is 0.557. The van der Waals surface area contributed by atoms with E-state index in [0.717, 1.165) is 29.0 Å². The Bertz CT molecular complexity index is 1290. The first-order valence-electron chi connectivity index (χ1n) is 10.1. The van der Waals surface area contributed by atoms with Gasteiger partial charge in [0.15, 0.2) is 0 Å². The minimum Gasteiger partial charge on any atom is -0.308 e.